The summed E-state index contributed by atoms with van der Waals surface area (Å²) >= 11 is 0. The average molecular weight is 201 g/mol. The van der Waals surface area contributed by atoms with Gasteiger partial charge in [-0.2, -0.15) is 0 Å². The number of ether oxygens (including phenoxy) is 1. The molecule has 14 heavy (non-hydrogen) atoms. The molecule has 84 valence electrons. The number of aliphatic hydroxyl groups excluding tert-OH is 1. The van der Waals surface area contributed by atoms with Crippen molar-refractivity contribution >= 4 is 0 Å². The molecule has 1 heterocycles. The molecule has 0 radical (unpaired) electrons. The van der Waals surface area contributed by atoms with Crippen LogP contribution in [0.5, 0.6) is 0 Å². The van der Waals surface area contributed by atoms with E-state index in [4.69, 9.17) is 4.74 Å². The van der Waals surface area contributed by atoms with Crippen molar-refractivity contribution in [2.45, 2.75) is 45.3 Å². The van der Waals surface area contributed by atoms with Crippen molar-refractivity contribution in [1.82, 2.24) is 4.90 Å². The molecule has 1 saturated heterocycles. The average Bonchev–Trinajstić information content (AvgIpc) is 2.18. The predicted octanol–water partition coefficient (Wildman–Crippen LogP) is 1.26. The third-order valence-corrected chi connectivity index (χ3v) is 2.79. The van der Waals surface area contributed by atoms with E-state index in [-0.39, 0.29) is 0 Å². The van der Waals surface area contributed by atoms with E-state index in [0.29, 0.717) is 18.8 Å². The molecule has 3 nitrogen and oxygen atoms in total. The van der Waals surface area contributed by atoms with Crippen molar-refractivity contribution in [3.63, 3.8) is 0 Å². The Hall–Kier alpha value is -0.120. The molecule has 0 unspecified atom stereocenters. The van der Waals surface area contributed by atoms with Crippen LogP contribution in [0.4, 0.5) is 0 Å². The van der Waals surface area contributed by atoms with E-state index >= 15 is 0 Å². The summed E-state index contributed by atoms with van der Waals surface area (Å²) in [5.41, 5.74) is 0. The van der Waals surface area contributed by atoms with Crippen LogP contribution in [-0.2, 0) is 4.74 Å². The fraction of sp³-hybridized carbons (Fsp3) is 1.00. The Balaban J connectivity index is 2.19. The van der Waals surface area contributed by atoms with Gasteiger partial charge in [-0.05, 0) is 33.2 Å². The van der Waals surface area contributed by atoms with Crippen LogP contribution in [0, 0.1) is 0 Å². The third-order valence-electron chi connectivity index (χ3n) is 2.79. The molecule has 1 N–H and O–H groups in total. The van der Waals surface area contributed by atoms with E-state index in [1.54, 1.807) is 0 Å². The van der Waals surface area contributed by atoms with Crippen LogP contribution < -0.4 is 0 Å². The first-order valence-electron chi connectivity index (χ1n) is 5.70. The van der Waals surface area contributed by atoms with Crippen LogP contribution in [-0.4, -0.2) is 48.5 Å². The van der Waals surface area contributed by atoms with Crippen molar-refractivity contribution in [2.24, 2.45) is 0 Å². The molecule has 0 spiro atoms. The Labute approximate surface area is 87.1 Å². The van der Waals surface area contributed by atoms with Crippen molar-refractivity contribution in [1.29, 1.82) is 0 Å². The topological polar surface area (TPSA) is 32.7 Å². The zero-order valence-corrected chi connectivity index (χ0v) is 9.41. The highest BCUT2D eigenvalue weighted by molar-refractivity contribution is 4.75. The van der Waals surface area contributed by atoms with Crippen LogP contribution in [0.15, 0.2) is 0 Å². The molecule has 0 amide bonds. The largest absolute Gasteiger partial charge is 0.395 e. The Bertz CT molecular complexity index is 150. The van der Waals surface area contributed by atoms with Crippen molar-refractivity contribution in [2.75, 3.05) is 26.3 Å². The molecule has 1 atom stereocenters. The lowest BCUT2D eigenvalue weighted by molar-refractivity contribution is 0.0272. The van der Waals surface area contributed by atoms with E-state index in [2.05, 4.69) is 18.7 Å². The normalized spacial score (nSPS) is 24.4. The third kappa shape index (κ3) is 3.95. The van der Waals surface area contributed by atoms with Gasteiger partial charge < -0.3 is 9.84 Å². The monoisotopic (exact) mass is 201 g/mol. The first-order valence-corrected chi connectivity index (χ1v) is 5.70. The zero-order valence-electron chi connectivity index (χ0n) is 9.41. The molecule has 1 aliphatic rings. The molecule has 3 heteroatoms. The summed E-state index contributed by atoms with van der Waals surface area (Å²) in [6.07, 6.45) is 3.97. The fourth-order valence-electron chi connectivity index (χ4n) is 1.97. The fourth-order valence-corrected chi connectivity index (χ4v) is 1.97. The van der Waals surface area contributed by atoms with Gasteiger partial charge in [-0.15, -0.1) is 0 Å². The lowest BCUT2D eigenvalue weighted by atomic mass is 10.0. The van der Waals surface area contributed by atoms with Gasteiger partial charge in [0.1, 0.15) is 0 Å². The zero-order chi connectivity index (χ0) is 10.4. The Morgan fingerprint density at radius 2 is 2.21 bits per heavy atom. The molecule has 0 aliphatic carbocycles. The lowest BCUT2D eigenvalue weighted by Gasteiger charge is -2.34. The van der Waals surface area contributed by atoms with E-state index in [9.17, 15) is 5.11 Å². The minimum Gasteiger partial charge on any atom is -0.395 e. The van der Waals surface area contributed by atoms with Gasteiger partial charge in [0, 0.05) is 12.6 Å². The minimum absolute atomic E-state index is 0.293. The number of likely N-dealkylation sites (tertiary alicyclic amines) is 1. The Kier molecular flexibility index (Phi) is 5.45. The smallest absolute Gasteiger partial charge is 0.0597 e. The van der Waals surface area contributed by atoms with Crippen molar-refractivity contribution in [3.05, 3.63) is 0 Å². The van der Waals surface area contributed by atoms with E-state index in [1.807, 2.05) is 0 Å². The summed E-state index contributed by atoms with van der Waals surface area (Å²) in [7, 11) is 0. The highest BCUT2D eigenvalue weighted by atomic mass is 16.5. The van der Waals surface area contributed by atoms with Gasteiger partial charge in [-0.25, -0.2) is 0 Å². The number of hydrogen-bond acceptors (Lipinski definition) is 3. The van der Waals surface area contributed by atoms with E-state index in [0.717, 1.165) is 26.1 Å². The molecule has 0 saturated carbocycles. The molecule has 1 aliphatic heterocycles. The predicted molar refractivity (Wildman–Crippen MR) is 57.4 cm³/mol. The first-order chi connectivity index (χ1) is 6.74. The lowest BCUT2D eigenvalue weighted by Crippen LogP contribution is -2.43. The molecule has 0 aromatic carbocycles. The van der Waals surface area contributed by atoms with Gasteiger partial charge in [0.05, 0.1) is 19.3 Å². The van der Waals surface area contributed by atoms with E-state index in [1.165, 1.54) is 12.8 Å². The Morgan fingerprint density at radius 3 is 2.86 bits per heavy atom. The SMILES string of the molecule is CC(C)OCCN1CCCC[C@H]1CO. The number of piperidine rings is 1. The molecular weight excluding hydrogens is 178 g/mol. The van der Waals surface area contributed by atoms with Gasteiger partial charge in [0.25, 0.3) is 0 Å². The number of aliphatic hydroxyl groups is 1. The highest BCUT2D eigenvalue weighted by Gasteiger charge is 2.20. The van der Waals surface area contributed by atoms with Gasteiger partial charge in [0.15, 0.2) is 0 Å². The second-order valence-electron chi connectivity index (χ2n) is 4.29. The maximum atomic E-state index is 9.19. The van der Waals surface area contributed by atoms with Crippen molar-refractivity contribution < 1.29 is 9.84 Å². The quantitative estimate of drug-likeness (QED) is 0.727. The number of rotatable bonds is 5. The van der Waals surface area contributed by atoms with Crippen molar-refractivity contribution in [3.8, 4) is 0 Å². The molecule has 1 rings (SSSR count). The maximum absolute atomic E-state index is 9.19. The van der Waals surface area contributed by atoms with Crippen LogP contribution in [0.3, 0.4) is 0 Å². The summed E-state index contributed by atoms with van der Waals surface area (Å²) in [6, 6.07) is 0.375. The van der Waals surface area contributed by atoms with Gasteiger partial charge in [-0.1, -0.05) is 6.42 Å². The minimum atomic E-state index is 0.293. The molecule has 0 bridgehead atoms. The summed E-state index contributed by atoms with van der Waals surface area (Å²) in [5.74, 6) is 0. The Morgan fingerprint density at radius 1 is 1.43 bits per heavy atom. The van der Waals surface area contributed by atoms with Gasteiger partial charge >= 0.3 is 0 Å². The first kappa shape index (κ1) is 12.0. The van der Waals surface area contributed by atoms with Crippen LogP contribution in [0.1, 0.15) is 33.1 Å². The van der Waals surface area contributed by atoms with Crippen LogP contribution >= 0.6 is 0 Å². The summed E-state index contributed by atoms with van der Waals surface area (Å²) < 4.78 is 5.51. The summed E-state index contributed by atoms with van der Waals surface area (Å²) in [4.78, 5) is 2.35. The maximum Gasteiger partial charge on any atom is 0.0597 e. The second kappa shape index (κ2) is 6.38. The number of nitrogens with zero attached hydrogens (tertiary/aromatic N) is 1. The van der Waals surface area contributed by atoms with Gasteiger partial charge in [-0.3, -0.25) is 4.90 Å². The summed E-state index contributed by atoms with van der Waals surface area (Å²) in [5, 5.41) is 9.19. The van der Waals surface area contributed by atoms with Gasteiger partial charge in [0.2, 0.25) is 0 Å². The molecule has 1 fully saturated rings. The van der Waals surface area contributed by atoms with E-state index < -0.39 is 0 Å². The summed E-state index contributed by atoms with van der Waals surface area (Å²) in [6.45, 7) is 7.27. The molecule has 0 aromatic rings. The molecule has 0 aromatic heterocycles. The second-order valence-corrected chi connectivity index (χ2v) is 4.29. The number of hydrogen-bond donors (Lipinski definition) is 1. The molecular formula is C11H23NO2. The standard InChI is InChI=1S/C11H23NO2/c1-10(2)14-8-7-12-6-4-3-5-11(12)9-13/h10-11,13H,3-9H2,1-2H3/t11-/m0/s1. The highest BCUT2D eigenvalue weighted by Crippen LogP contribution is 2.15. The van der Waals surface area contributed by atoms with Crippen LogP contribution in [0.25, 0.3) is 0 Å². The van der Waals surface area contributed by atoms with Crippen LogP contribution in [0.2, 0.25) is 0 Å².